The summed E-state index contributed by atoms with van der Waals surface area (Å²) in [6, 6.07) is 13.5. The molecule has 0 spiro atoms. The number of aryl methyl sites for hydroxylation is 1. The Morgan fingerprint density at radius 2 is 1.89 bits per heavy atom. The standard InChI is InChI=1S/C28H30N4O5/c1-17(2)25(32-14-20-5-3-4-6-22(20)27(32)35)28(36)31-15-21(33)13-23(31)24(34)12-9-18-7-10-19(11-8-18)26-29-16-37-30-26/h3-8,10-11,16-17,21,23,25,33H,9,12-15H2,1-2H3/t21-,23+,25+/m1/s1. The van der Waals surface area contributed by atoms with Crippen molar-refractivity contribution in [2.45, 2.75) is 57.8 Å². The van der Waals surface area contributed by atoms with Crippen LogP contribution in [-0.2, 0) is 22.6 Å². The third kappa shape index (κ3) is 4.91. The molecule has 3 heterocycles. The normalized spacial score (nSPS) is 19.9. The van der Waals surface area contributed by atoms with E-state index in [4.69, 9.17) is 4.52 Å². The van der Waals surface area contributed by atoms with E-state index in [1.807, 2.05) is 56.3 Å². The fraction of sp³-hybridized carbons (Fsp3) is 0.393. The lowest BCUT2D eigenvalue weighted by Crippen LogP contribution is -2.54. The van der Waals surface area contributed by atoms with Gasteiger partial charge in [-0.25, -0.2) is 0 Å². The van der Waals surface area contributed by atoms with Gasteiger partial charge in [-0.15, -0.1) is 0 Å². The van der Waals surface area contributed by atoms with Crippen molar-refractivity contribution in [3.05, 3.63) is 71.6 Å². The van der Waals surface area contributed by atoms with Crippen LogP contribution >= 0.6 is 0 Å². The van der Waals surface area contributed by atoms with Crippen molar-refractivity contribution < 1.29 is 24.0 Å². The summed E-state index contributed by atoms with van der Waals surface area (Å²) in [6.45, 7) is 4.26. The van der Waals surface area contributed by atoms with Gasteiger partial charge in [0.1, 0.15) is 6.04 Å². The van der Waals surface area contributed by atoms with Crippen molar-refractivity contribution in [1.29, 1.82) is 0 Å². The summed E-state index contributed by atoms with van der Waals surface area (Å²) < 4.78 is 4.78. The smallest absolute Gasteiger partial charge is 0.255 e. The molecular formula is C28H30N4O5. The van der Waals surface area contributed by atoms with E-state index in [1.165, 1.54) is 11.3 Å². The van der Waals surface area contributed by atoms with Gasteiger partial charge in [0.2, 0.25) is 18.1 Å². The number of ketones is 1. The molecule has 9 heteroatoms. The molecule has 1 fully saturated rings. The first-order valence-electron chi connectivity index (χ1n) is 12.6. The highest BCUT2D eigenvalue weighted by Gasteiger charge is 2.45. The van der Waals surface area contributed by atoms with Crippen LogP contribution in [0.15, 0.2) is 59.4 Å². The lowest BCUT2D eigenvalue weighted by molar-refractivity contribution is -0.142. The summed E-state index contributed by atoms with van der Waals surface area (Å²) in [5.74, 6) is -0.205. The molecule has 1 aromatic heterocycles. The minimum Gasteiger partial charge on any atom is -0.391 e. The fourth-order valence-electron chi connectivity index (χ4n) is 5.36. The van der Waals surface area contributed by atoms with Crippen molar-refractivity contribution in [2.75, 3.05) is 6.54 Å². The van der Waals surface area contributed by atoms with E-state index in [0.717, 1.165) is 16.7 Å². The molecule has 192 valence electrons. The SMILES string of the molecule is CC(C)[C@@H](C(=O)N1C[C@H](O)C[C@H]1C(=O)CCc1ccc(-c2ncon2)cc1)N1Cc2ccccc2C1=O. The van der Waals surface area contributed by atoms with Crippen molar-refractivity contribution in [3.8, 4) is 11.4 Å². The second kappa shape index (κ2) is 10.3. The molecule has 0 aliphatic carbocycles. The van der Waals surface area contributed by atoms with E-state index in [9.17, 15) is 19.5 Å². The zero-order valence-corrected chi connectivity index (χ0v) is 20.9. The number of Topliss-reactive ketones (excluding diaryl/α,β-unsaturated/α-hetero) is 1. The molecule has 0 bridgehead atoms. The maximum Gasteiger partial charge on any atom is 0.255 e. The maximum absolute atomic E-state index is 13.8. The van der Waals surface area contributed by atoms with Crippen molar-refractivity contribution in [2.24, 2.45) is 5.92 Å². The number of amides is 2. The fourth-order valence-corrected chi connectivity index (χ4v) is 5.36. The molecule has 1 saturated heterocycles. The van der Waals surface area contributed by atoms with E-state index in [1.54, 1.807) is 11.0 Å². The Morgan fingerprint density at radius 1 is 1.14 bits per heavy atom. The molecule has 2 aromatic carbocycles. The third-order valence-corrected chi connectivity index (χ3v) is 7.24. The number of aliphatic hydroxyl groups is 1. The molecule has 3 atom stereocenters. The Hall–Kier alpha value is -3.85. The van der Waals surface area contributed by atoms with Crippen LogP contribution in [0.2, 0.25) is 0 Å². The molecule has 2 aliphatic rings. The number of benzene rings is 2. The molecule has 9 nitrogen and oxygen atoms in total. The topological polar surface area (TPSA) is 117 Å². The first-order chi connectivity index (χ1) is 17.8. The first kappa shape index (κ1) is 24.8. The monoisotopic (exact) mass is 502 g/mol. The molecular weight excluding hydrogens is 472 g/mol. The van der Waals surface area contributed by atoms with Crippen LogP contribution in [-0.4, -0.2) is 67.4 Å². The van der Waals surface area contributed by atoms with Gasteiger partial charge in [0.05, 0.1) is 12.1 Å². The molecule has 5 rings (SSSR count). The minimum absolute atomic E-state index is 0.0901. The summed E-state index contributed by atoms with van der Waals surface area (Å²) in [6.07, 6.45) is 1.45. The van der Waals surface area contributed by atoms with Crippen LogP contribution in [0.3, 0.4) is 0 Å². The number of aliphatic hydroxyl groups excluding tert-OH is 1. The number of carbonyl (C=O) groups is 3. The number of likely N-dealkylation sites (tertiary alicyclic amines) is 1. The largest absolute Gasteiger partial charge is 0.391 e. The highest BCUT2D eigenvalue weighted by atomic mass is 16.5. The van der Waals surface area contributed by atoms with Crippen LogP contribution in [0.25, 0.3) is 11.4 Å². The van der Waals surface area contributed by atoms with Gasteiger partial charge in [0, 0.05) is 37.1 Å². The van der Waals surface area contributed by atoms with E-state index in [0.29, 0.717) is 24.4 Å². The van der Waals surface area contributed by atoms with Gasteiger partial charge in [-0.1, -0.05) is 61.5 Å². The number of hydrogen-bond acceptors (Lipinski definition) is 7. The molecule has 1 N–H and O–H groups in total. The van der Waals surface area contributed by atoms with Crippen LogP contribution in [0.4, 0.5) is 0 Å². The van der Waals surface area contributed by atoms with Gasteiger partial charge in [-0.05, 0) is 29.5 Å². The Morgan fingerprint density at radius 3 is 2.57 bits per heavy atom. The molecule has 37 heavy (non-hydrogen) atoms. The minimum atomic E-state index is -0.772. The van der Waals surface area contributed by atoms with Gasteiger partial charge in [0.25, 0.3) is 5.91 Å². The van der Waals surface area contributed by atoms with Gasteiger partial charge in [-0.3, -0.25) is 14.4 Å². The van der Waals surface area contributed by atoms with Gasteiger partial charge >= 0.3 is 0 Å². The van der Waals surface area contributed by atoms with Crippen molar-refractivity contribution in [3.63, 3.8) is 0 Å². The second-order valence-corrected chi connectivity index (χ2v) is 10.1. The second-order valence-electron chi connectivity index (χ2n) is 10.1. The highest BCUT2D eigenvalue weighted by Crippen LogP contribution is 2.30. The van der Waals surface area contributed by atoms with Gasteiger partial charge in [0.15, 0.2) is 5.78 Å². The molecule has 0 saturated carbocycles. The Bertz CT molecular complexity index is 1290. The van der Waals surface area contributed by atoms with E-state index >= 15 is 0 Å². The number of nitrogens with zero attached hydrogens (tertiary/aromatic N) is 4. The number of fused-ring (bicyclic) bond motifs is 1. The van der Waals surface area contributed by atoms with E-state index in [2.05, 4.69) is 10.1 Å². The van der Waals surface area contributed by atoms with Gasteiger partial charge in [-0.2, -0.15) is 4.98 Å². The quantitative estimate of drug-likeness (QED) is 0.503. The molecule has 2 aliphatic heterocycles. The predicted octanol–water partition coefficient (Wildman–Crippen LogP) is 2.88. The Kier molecular flexibility index (Phi) is 6.88. The summed E-state index contributed by atoms with van der Waals surface area (Å²) in [7, 11) is 0. The summed E-state index contributed by atoms with van der Waals surface area (Å²) in [5, 5.41) is 14.2. The van der Waals surface area contributed by atoms with Crippen LogP contribution in [0.1, 0.15) is 48.2 Å². The lowest BCUT2D eigenvalue weighted by atomic mass is 9.98. The van der Waals surface area contributed by atoms with Crippen molar-refractivity contribution in [1.82, 2.24) is 19.9 Å². The van der Waals surface area contributed by atoms with Crippen LogP contribution < -0.4 is 0 Å². The third-order valence-electron chi connectivity index (χ3n) is 7.24. The number of rotatable bonds is 8. The van der Waals surface area contributed by atoms with E-state index < -0.39 is 18.2 Å². The number of β-amino-alcohol motifs (C(OH)–C–C–N with tert-alkyl or cyclic N) is 1. The zero-order chi connectivity index (χ0) is 26.1. The highest BCUT2D eigenvalue weighted by molar-refractivity contribution is 6.01. The van der Waals surface area contributed by atoms with E-state index in [-0.39, 0.29) is 42.9 Å². The van der Waals surface area contributed by atoms with Gasteiger partial charge < -0.3 is 19.4 Å². The summed E-state index contributed by atoms with van der Waals surface area (Å²) in [5.41, 5.74) is 3.29. The molecule has 3 aromatic rings. The molecule has 0 radical (unpaired) electrons. The number of hydrogen-bond donors (Lipinski definition) is 1. The number of aromatic nitrogens is 2. The maximum atomic E-state index is 13.8. The average molecular weight is 503 g/mol. The Labute approximate surface area is 215 Å². The number of carbonyl (C=O) groups excluding carboxylic acids is 3. The summed E-state index contributed by atoms with van der Waals surface area (Å²) >= 11 is 0. The van der Waals surface area contributed by atoms with Crippen molar-refractivity contribution >= 4 is 17.6 Å². The molecule has 2 amide bonds. The van der Waals surface area contributed by atoms with Crippen LogP contribution in [0.5, 0.6) is 0 Å². The summed E-state index contributed by atoms with van der Waals surface area (Å²) in [4.78, 5) is 47.3. The lowest BCUT2D eigenvalue weighted by Gasteiger charge is -2.35. The molecule has 0 unspecified atom stereocenters. The average Bonchev–Trinajstić information content (AvgIpc) is 3.63. The Balaban J connectivity index is 1.27. The zero-order valence-electron chi connectivity index (χ0n) is 20.9. The van der Waals surface area contributed by atoms with Crippen LogP contribution in [0, 0.1) is 5.92 Å². The first-order valence-corrected chi connectivity index (χ1v) is 12.6. The predicted molar refractivity (Wildman–Crippen MR) is 134 cm³/mol.